The second kappa shape index (κ2) is 7.37. The number of aromatic nitrogens is 4. The van der Waals surface area contributed by atoms with E-state index in [0.29, 0.717) is 10.4 Å². The molecule has 0 fully saturated rings. The van der Waals surface area contributed by atoms with Crippen LogP contribution in [0.4, 0.5) is 14.9 Å². The summed E-state index contributed by atoms with van der Waals surface area (Å²) in [6, 6.07) is 3.47. The Bertz CT molecular complexity index is 825. The second-order valence-electron chi connectivity index (χ2n) is 5.84. The lowest BCUT2D eigenvalue weighted by Gasteiger charge is -2.25. The molecule has 1 aromatic heterocycles. The molecule has 0 aliphatic heterocycles. The molecule has 0 N–H and O–H groups in total. The number of ketones is 1. The number of anilines is 1. The number of Topliss-reactive ketones (excluding diaryl/α,β-unsaturated/α-hetero) is 1. The zero-order valence-electron chi connectivity index (χ0n) is 14.5. The van der Waals surface area contributed by atoms with E-state index in [-0.39, 0.29) is 18.2 Å². The lowest BCUT2D eigenvalue weighted by molar-refractivity contribution is -0.121. The maximum atomic E-state index is 13.1. The molecular weight excluding hydrogens is 329 g/mol. The molecule has 0 bridgehead atoms. The molecule has 25 heavy (non-hydrogen) atoms. The van der Waals surface area contributed by atoms with Gasteiger partial charge in [0.2, 0.25) is 0 Å². The Balaban J connectivity index is 2.41. The average molecular weight is 349 g/mol. The predicted octanol–water partition coefficient (Wildman–Crippen LogP) is 2.00. The van der Waals surface area contributed by atoms with E-state index >= 15 is 0 Å². The summed E-state index contributed by atoms with van der Waals surface area (Å²) < 4.78 is 14.6. The smallest absolute Gasteiger partial charge is 0.297 e. The minimum atomic E-state index is -0.808. The number of rotatable bonds is 5. The Hall–Kier alpha value is -2.84. The summed E-state index contributed by atoms with van der Waals surface area (Å²) in [5, 5.41) is 7.24. The van der Waals surface area contributed by atoms with Gasteiger partial charge in [0.25, 0.3) is 0 Å². The maximum Gasteiger partial charge on any atom is 0.373 e. The van der Waals surface area contributed by atoms with Crippen molar-refractivity contribution in [2.75, 3.05) is 4.90 Å². The third-order valence-electron chi connectivity index (χ3n) is 3.79. The summed E-state index contributed by atoms with van der Waals surface area (Å²) in [5.41, 5.74) is -0.382. The molecule has 1 unspecified atom stereocenters. The van der Waals surface area contributed by atoms with Gasteiger partial charge in [0.1, 0.15) is 11.9 Å². The average Bonchev–Trinajstić information content (AvgIpc) is 2.96. The quantitative estimate of drug-likeness (QED) is 0.770. The van der Waals surface area contributed by atoms with Crippen molar-refractivity contribution in [2.45, 2.75) is 46.2 Å². The fourth-order valence-corrected chi connectivity index (χ4v) is 2.38. The summed E-state index contributed by atoms with van der Waals surface area (Å²) in [6.45, 7) is 6.70. The van der Waals surface area contributed by atoms with Crippen LogP contribution in [0.1, 0.15) is 40.2 Å². The second-order valence-corrected chi connectivity index (χ2v) is 5.84. The highest BCUT2D eigenvalue weighted by Crippen LogP contribution is 2.18. The van der Waals surface area contributed by atoms with Crippen LogP contribution in [0.15, 0.2) is 29.1 Å². The van der Waals surface area contributed by atoms with Gasteiger partial charge in [-0.15, -0.1) is 4.68 Å². The SMILES string of the molecule is CCC(=O)C(C)n1nnn(C(=O)N(c2ccc(F)cc2)C(C)C)c1=O. The molecule has 134 valence electrons. The summed E-state index contributed by atoms with van der Waals surface area (Å²) in [7, 11) is 0. The molecule has 8 nitrogen and oxygen atoms in total. The molecule has 0 saturated carbocycles. The first-order valence-electron chi connectivity index (χ1n) is 7.94. The van der Waals surface area contributed by atoms with Crippen molar-refractivity contribution in [1.29, 1.82) is 0 Å². The zero-order valence-corrected chi connectivity index (χ0v) is 14.5. The molecule has 1 atom stereocenters. The van der Waals surface area contributed by atoms with E-state index in [1.54, 1.807) is 20.8 Å². The normalized spacial score (nSPS) is 12.2. The van der Waals surface area contributed by atoms with Crippen LogP contribution in [0.5, 0.6) is 0 Å². The van der Waals surface area contributed by atoms with Crippen molar-refractivity contribution in [3.8, 4) is 0 Å². The Morgan fingerprint density at radius 2 is 1.76 bits per heavy atom. The van der Waals surface area contributed by atoms with E-state index in [1.165, 1.54) is 36.1 Å². The van der Waals surface area contributed by atoms with E-state index in [2.05, 4.69) is 10.4 Å². The number of benzene rings is 1. The Morgan fingerprint density at radius 3 is 2.28 bits per heavy atom. The first-order chi connectivity index (χ1) is 11.8. The van der Waals surface area contributed by atoms with E-state index in [9.17, 15) is 18.8 Å². The van der Waals surface area contributed by atoms with Gasteiger partial charge in [0, 0.05) is 18.2 Å². The fourth-order valence-electron chi connectivity index (χ4n) is 2.38. The van der Waals surface area contributed by atoms with Crippen LogP contribution in [0.3, 0.4) is 0 Å². The molecule has 1 aromatic carbocycles. The monoisotopic (exact) mass is 349 g/mol. The molecule has 0 aliphatic rings. The molecule has 0 saturated heterocycles. The van der Waals surface area contributed by atoms with Crippen LogP contribution in [0.25, 0.3) is 0 Å². The Labute approximate surface area is 143 Å². The Kier molecular flexibility index (Phi) is 5.45. The molecule has 0 spiro atoms. The molecule has 2 rings (SSSR count). The van der Waals surface area contributed by atoms with Crippen LogP contribution in [0, 0.1) is 5.82 Å². The molecule has 0 aliphatic carbocycles. The first kappa shape index (κ1) is 18.5. The molecule has 1 amide bonds. The minimum Gasteiger partial charge on any atom is -0.297 e. The third kappa shape index (κ3) is 3.65. The van der Waals surface area contributed by atoms with Gasteiger partial charge in [-0.3, -0.25) is 9.69 Å². The number of hydrogen-bond donors (Lipinski definition) is 0. The highest BCUT2D eigenvalue weighted by molar-refractivity contribution is 5.93. The molecular formula is C16H20FN5O3. The number of hydrogen-bond acceptors (Lipinski definition) is 5. The highest BCUT2D eigenvalue weighted by Gasteiger charge is 2.27. The maximum absolute atomic E-state index is 13.1. The lowest BCUT2D eigenvalue weighted by atomic mass is 10.2. The third-order valence-corrected chi connectivity index (χ3v) is 3.79. The minimum absolute atomic E-state index is 0.194. The number of amides is 1. The van der Waals surface area contributed by atoms with Gasteiger partial charge in [0.15, 0.2) is 5.78 Å². The predicted molar refractivity (Wildman–Crippen MR) is 89.1 cm³/mol. The van der Waals surface area contributed by atoms with Gasteiger partial charge in [-0.2, -0.15) is 4.68 Å². The molecule has 2 aromatic rings. The number of halogens is 1. The van der Waals surface area contributed by atoms with Crippen molar-refractivity contribution in [3.63, 3.8) is 0 Å². The van der Waals surface area contributed by atoms with Gasteiger partial charge in [-0.05, 0) is 55.5 Å². The molecule has 9 heteroatoms. The van der Waals surface area contributed by atoms with Crippen LogP contribution in [-0.2, 0) is 4.79 Å². The number of carbonyl (C=O) groups is 2. The topological polar surface area (TPSA) is 90.1 Å². The van der Waals surface area contributed by atoms with Gasteiger partial charge in [-0.1, -0.05) is 6.92 Å². The summed E-state index contributed by atoms with van der Waals surface area (Å²) >= 11 is 0. The van der Waals surface area contributed by atoms with Crippen molar-refractivity contribution < 1.29 is 14.0 Å². The van der Waals surface area contributed by atoms with Crippen LogP contribution in [-0.4, -0.2) is 37.6 Å². The summed E-state index contributed by atoms with van der Waals surface area (Å²) in [6.07, 6.45) is 0.238. The largest absolute Gasteiger partial charge is 0.373 e. The zero-order chi connectivity index (χ0) is 18.7. The van der Waals surface area contributed by atoms with Gasteiger partial charge in [-0.25, -0.2) is 14.0 Å². The number of carbonyl (C=O) groups excluding carboxylic acids is 2. The van der Waals surface area contributed by atoms with Crippen LogP contribution in [0.2, 0.25) is 0 Å². The van der Waals surface area contributed by atoms with Crippen molar-refractivity contribution in [2.24, 2.45) is 0 Å². The van der Waals surface area contributed by atoms with Gasteiger partial charge >= 0.3 is 11.7 Å². The molecule has 0 radical (unpaired) electrons. The number of tetrazole rings is 1. The number of nitrogens with zero attached hydrogens (tertiary/aromatic N) is 5. The van der Waals surface area contributed by atoms with Crippen molar-refractivity contribution >= 4 is 17.5 Å². The van der Waals surface area contributed by atoms with Crippen molar-refractivity contribution in [3.05, 3.63) is 40.6 Å². The lowest BCUT2D eigenvalue weighted by Crippen LogP contribution is -2.45. The van der Waals surface area contributed by atoms with E-state index in [4.69, 9.17) is 0 Å². The van der Waals surface area contributed by atoms with E-state index in [0.717, 1.165) is 4.68 Å². The van der Waals surface area contributed by atoms with Gasteiger partial charge in [0.05, 0.1) is 0 Å². The Morgan fingerprint density at radius 1 is 1.16 bits per heavy atom. The van der Waals surface area contributed by atoms with E-state index in [1.807, 2.05) is 0 Å². The van der Waals surface area contributed by atoms with Crippen LogP contribution >= 0.6 is 0 Å². The fraction of sp³-hybridized carbons (Fsp3) is 0.438. The standard InChI is InChI=1S/C16H20FN5O3/c1-5-14(23)11(4)21-16(25)22(19-18-21)15(24)20(10(2)3)13-8-6-12(17)7-9-13/h6-11H,5H2,1-4H3. The summed E-state index contributed by atoms with van der Waals surface area (Å²) in [4.78, 5) is 38.3. The van der Waals surface area contributed by atoms with E-state index < -0.39 is 23.6 Å². The van der Waals surface area contributed by atoms with Crippen LogP contribution < -0.4 is 10.6 Å². The first-order valence-corrected chi connectivity index (χ1v) is 7.94. The van der Waals surface area contributed by atoms with Crippen molar-refractivity contribution in [1.82, 2.24) is 19.8 Å². The van der Waals surface area contributed by atoms with Gasteiger partial charge < -0.3 is 0 Å². The summed E-state index contributed by atoms with van der Waals surface area (Å²) in [5.74, 6) is -0.629. The molecule has 1 heterocycles. The highest BCUT2D eigenvalue weighted by atomic mass is 19.1.